The highest BCUT2D eigenvalue weighted by atomic mass is 79.9. The van der Waals surface area contributed by atoms with Gasteiger partial charge in [0.1, 0.15) is 0 Å². The number of benzene rings is 2. The molecule has 0 radical (unpaired) electrons. The molecule has 144 valence electrons. The second kappa shape index (κ2) is 8.44. The number of nitrogens with zero attached hydrogens (tertiary/aromatic N) is 1. The van der Waals surface area contributed by atoms with Crippen LogP contribution in [-0.4, -0.2) is 23.4 Å². The van der Waals surface area contributed by atoms with Crippen molar-refractivity contribution in [2.24, 2.45) is 0 Å². The van der Waals surface area contributed by atoms with Crippen LogP contribution in [0.3, 0.4) is 0 Å². The van der Waals surface area contributed by atoms with Crippen LogP contribution >= 0.6 is 15.9 Å². The molecular weight excluding hydrogens is 418 g/mol. The first-order chi connectivity index (χ1) is 13.4. The van der Waals surface area contributed by atoms with Crippen LogP contribution in [-0.2, 0) is 11.2 Å². The van der Waals surface area contributed by atoms with Crippen molar-refractivity contribution in [3.05, 3.63) is 81.6 Å². The summed E-state index contributed by atoms with van der Waals surface area (Å²) in [5.74, 6) is -0.295. The Morgan fingerprint density at radius 2 is 1.71 bits per heavy atom. The lowest BCUT2D eigenvalue weighted by Crippen LogP contribution is -2.21. The van der Waals surface area contributed by atoms with Crippen molar-refractivity contribution in [2.45, 2.75) is 20.3 Å². The predicted octanol–water partition coefficient (Wildman–Crippen LogP) is 4.40. The SMILES string of the molecule is CNC(=O)Cc1ccccc1NC(=O)c1cc(C)n(-c2ccc(Br)cc2)c1C. The van der Waals surface area contributed by atoms with Crippen molar-refractivity contribution in [3.63, 3.8) is 0 Å². The van der Waals surface area contributed by atoms with Gasteiger partial charge in [0.05, 0.1) is 12.0 Å². The Labute approximate surface area is 172 Å². The van der Waals surface area contributed by atoms with Gasteiger partial charge < -0.3 is 15.2 Å². The summed E-state index contributed by atoms with van der Waals surface area (Å²) in [7, 11) is 1.60. The molecule has 0 saturated heterocycles. The first kappa shape index (κ1) is 19.9. The van der Waals surface area contributed by atoms with E-state index in [0.29, 0.717) is 11.3 Å². The Morgan fingerprint density at radius 3 is 2.39 bits per heavy atom. The maximum atomic E-state index is 13.0. The minimum Gasteiger partial charge on any atom is -0.359 e. The number of hydrogen-bond acceptors (Lipinski definition) is 2. The summed E-state index contributed by atoms with van der Waals surface area (Å²) in [6.45, 7) is 3.91. The zero-order valence-electron chi connectivity index (χ0n) is 16.0. The van der Waals surface area contributed by atoms with Crippen LogP contribution in [0.2, 0.25) is 0 Å². The van der Waals surface area contributed by atoms with Crippen molar-refractivity contribution in [1.82, 2.24) is 9.88 Å². The topological polar surface area (TPSA) is 63.1 Å². The molecule has 2 N–H and O–H groups in total. The van der Waals surface area contributed by atoms with Gasteiger partial charge in [0.15, 0.2) is 0 Å². The van der Waals surface area contributed by atoms with E-state index in [4.69, 9.17) is 0 Å². The summed E-state index contributed by atoms with van der Waals surface area (Å²) >= 11 is 3.45. The lowest BCUT2D eigenvalue weighted by Gasteiger charge is -2.12. The average molecular weight is 440 g/mol. The molecule has 0 saturated carbocycles. The molecule has 2 aromatic carbocycles. The molecule has 0 bridgehead atoms. The highest BCUT2D eigenvalue weighted by Crippen LogP contribution is 2.24. The van der Waals surface area contributed by atoms with Gasteiger partial charge >= 0.3 is 0 Å². The maximum Gasteiger partial charge on any atom is 0.257 e. The van der Waals surface area contributed by atoms with Gasteiger partial charge in [-0.2, -0.15) is 0 Å². The number of carbonyl (C=O) groups excluding carboxylic acids is 2. The molecule has 0 atom stereocenters. The number of amides is 2. The molecule has 0 spiro atoms. The van der Waals surface area contributed by atoms with Gasteiger partial charge in [-0.1, -0.05) is 34.1 Å². The highest BCUT2D eigenvalue weighted by molar-refractivity contribution is 9.10. The van der Waals surface area contributed by atoms with E-state index < -0.39 is 0 Å². The standard InChI is InChI=1S/C22H22BrN3O2/c1-14-12-19(15(2)26(14)18-10-8-17(23)9-11-18)22(28)25-20-7-5-4-6-16(20)13-21(27)24-3/h4-12H,13H2,1-3H3,(H,24,27)(H,25,28). The van der Waals surface area contributed by atoms with Gasteiger partial charge in [-0.05, 0) is 55.8 Å². The number of para-hydroxylation sites is 1. The monoisotopic (exact) mass is 439 g/mol. The first-order valence-electron chi connectivity index (χ1n) is 8.95. The third-order valence-corrected chi connectivity index (χ3v) is 5.18. The average Bonchev–Trinajstić information content (AvgIpc) is 2.98. The number of rotatable bonds is 5. The Hall–Kier alpha value is -2.86. The van der Waals surface area contributed by atoms with Gasteiger partial charge in [-0.15, -0.1) is 0 Å². The van der Waals surface area contributed by atoms with Crippen LogP contribution in [0.4, 0.5) is 5.69 Å². The number of nitrogens with one attached hydrogen (secondary N) is 2. The number of hydrogen-bond donors (Lipinski definition) is 2. The van der Waals surface area contributed by atoms with Crippen molar-refractivity contribution >= 4 is 33.4 Å². The van der Waals surface area contributed by atoms with E-state index in [-0.39, 0.29) is 18.2 Å². The molecule has 6 heteroatoms. The van der Waals surface area contributed by atoms with Crippen LogP contribution in [0, 0.1) is 13.8 Å². The Balaban J connectivity index is 1.90. The minimum absolute atomic E-state index is 0.102. The summed E-state index contributed by atoms with van der Waals surface area (Å²) in [6, 6.07) is 17.2. The highest BCUT2D eigenvalue weighted by Gasteiger charge is 2.18. The van der Waals surface area contributed by atoms with Crippen LogP contribution in [0.1, 0.15) is 27.3 Å². The molecule has 3 aromatic rings. The fourth-order valence-corrected chi connectivity index (χ4v) is 3.49. The summed E-state index contributed by atoms with van der Waals surface area (Å²) in [6.07, 6.45) is 0.213. The second-order valence-electron chi connectivity index (χ2n) is 6.56. The molecule has 5 nitrogen and oxygen atoms in total. The number of likely N-dealkylation sites (N-methyl/N-ethyl adjacent to an activating group) is 1. The lowest BCUT2D eigenvalue weighted by atomic mass is 10.1. The number of aromatic nitrogens is 1. The van der Waals surface area contributed by atoms with Crippen LogP contribution in [0.25, 0.3) is 5.69 Å². The van der Waals surface area contributed by atoms with Crippen molar-refractivity contribution in [1.29, 1.82) is 0 Å². The van der Waals surface area contributed by atoms with Gasteiger partial charge in [0.25, 0.3) is 5.91 Å². The van der Waals surface area contributed by atoms with E-state index in [1.165, 1.54) is 0 Å². The molecular formula is C22H22BrN3O2. The summed E-state index contributed by atoms with van der Waals surface area (Å²) in [4.78, 5) is 24.7. The minimum atomic E-state index is -0.194. The van der Waals surface area contributed by atoms with E-state index in [1.807, 2.05) is 68.4 Å². The van der Waals surface area contributed by atoms with E-state index >= 15 is 0 Å². The molecule has 0 aliphatic carbocycles. The molecule has 3 rings (SSSR count). The maximum absolute atomic E-state index is 13.0. The van der Waals surface area contributed by atoms with Gasteiger partial charge in [0, 0.05) is 34.3 Å². The van der Waals surface area contributed by atoms with Crippen LogP contribution < -0.4 is 10.6 Å². The summed E-state index contributed by atoms with van der Waals surface area (Å²) in [5, 5.41) is 5.57. The Kier molecular flexibility index (Phi) is 5.99. The van der Waals surface area contributed by atoms with E-state index in [9.17, 15) is 9.59 Å². The Bertz CT molecular complexity index is 1020. The third kappa shape index (κ3) is 4.17. The molecule has 0 fully saturated rings. The van der Waals surface area contributed by atoms with Crippen molar-refractivity contribution < 1.29 is 9.59 Å². The predicted molar refractivity (Wildman–Crippen MR) is 115 cm³/mol. The number of aryl methyl sites for hydroxylation is 1. The zero-order chi connectivity index (χ0) is 20.3. The molecule has 0 aliphatic rings. The van der Waals surface area contributed by atoms with Crippen LogP contribution in [0.15, 0.2) is 59.1 Å². The molecule has 1 aromatic heterocycles. The van der Waals surface area contributed by atoms with Crippen LogP contribution in [0.5, 0.6) is 0 Å². The largest absolute Gasteiger partial charge is 0.359 e. The van der Waals surface area contributed by atoms with Gasteiger partial charge in [-0.3, -0.25) is 9.59 Å². The second-order valence-corrected chi connectivity index (χ2v) is 7.47. The van der Waals surface area contributed by atoms with E-state index in [0.717, 1.165) is 27.1 Å². The fraction of sp³-hybridized carbons (Fsp3) is 0.182. The molecule has 0 unspecified atom stereocenters. The number of carbonyl (C=O) groups is 2. The first-order valence-corrected chi connectivity index (χ1v) is 9.74. The number of anilines is 1. The van der Waals surface area contributed by atoms with Gasteiger partial charge in [-0.25, -0.2) is 0 Å². The van der Waals surface area contributed by atoms with Crippen molar-refractivity contribution in [2.75, 3.05) is 12.4 Å². The molecule has 0 aliphatic heterocycles. The normalized spacial score (nSPS) is 10.6. The summed E-state index contributed by atoms with van der Waals surface area (Å²) < 4.78 is 3.06. The number of halogens is 1. The Morgan fingerprint density at radius 1 is 1.04 bits per heavy atom. The molecule has 1 heterocycles. The third-order valence-electron chi connectivity index (χ3n) is 4.66. The molecule has 28 heavy (non-hydrogen) atoms. The molecule has 2 amide bonds. The van der Waals surface area contributed by atoms with E-state index in [2.05, 4.69) is 31.1 Å². The lowest BCUT2D eigenvalue weighted by molar-refractivity contribution is -0.119. The summed E-state index contributed by atoms with van der Waals surface area (Å²) in [5.41, 5.74) is 4.86. The van der Waals surface area contributed by atoms with Gasteiger partial charge in [0.2, 0.25) is 5.91 Å². The fourth-order valence-electron chi connectivity index (χ4n) is 3.23. The van der Waals surface area contributed by atoms with Crippen molar-refractivity contribution in [3.8, 4) is 5.69 Å². The smallest absolute Gasteiger partial charge is 0.257 e. The zero-order valence-corrected chi connectivity index (χ0v) is 17.6. The van der Waals surface area contributed by atoms with E-state index in [1.54, 1.807) is 7.05 Å². The quantitative estimate of drug-likeness (QED) is 0.618.